The minimum atomic E-state index is -0.113. The zero-order chi connectivity index (χ0) is 23.2. The number of aliphatic hydroxyl groups excluding tert-OH is 1. The molecule has 2 aromatic carbocycles. The van der Waals surface area contributed by atoms with Gasteiger partial charge >= 0.3 is 0 Å². The molecule has 2 heterocycles. The number of likely N-dealkylation sites (tertiary alicyclic amines) is 1. The molecule has 2 atom stereocenters. The Balaban J connectivity index is 1.80. The maximum absolute atomic E-state index is 11.4. The predicted molar refractivity (Wildman–Crippen MR) is 137 cm³/mol. The third-order valence-electron chi connectivity index (χ3n) is 6.55. The van der Waals surface area contributed by atoms with Crippen molar-refractivity contribution in [2.45, 2.75) is 32.1 Å². The Kier molecular flexibility index (Phi) is 7.62. The van der Waals surface area contributed by atoms with Crippen LogP contribution in [-0.4, -0.2) is 47.1 Å². The van der Waals surface area contributed by atoms with Crippen molar-refractivity contribution in [3.63, 3.8) is 0 Å². The maximum atomic E-state index is 11.4. The fraction of sp³-hybridized carbons (Fsp3) is 0.385. The molecule has 2 unspecified atom stereocenters. The Labute approximate surface area is 201 Å². The Morgan fingerprint density at radius 2 is 1.82 bits per heavy atom. The molecule has 4 N–H and O–H groups in total. The normalized spacial score (nSPS) is 18.8. The Bertz CT molecular complexity index is 1030. The second kappa shape index (κ2) is 10.8. The molecule has 0 spiro atoms. The molecule has 2 aliphatic heterocycles. The molecule has 0 amide bonds. The lowest BCUT2D eigenvalue weighted by atomic mass is 9.76. The molecule has 6 nitrogen and oxygen atoms in total. The number of thiocarbonyl (C=S) groups is 1. The number of nitrogens with one attached hydrogen (secondary N) is 1. The first kappa shape index (κ1) is 23.3. The average molecular weight is 465 g/mol. The lowest BCUT2D eigenvalue weighted by Crippen LogP contribution is -2.40. The van der Waals surface area contributed by atoms with Crippen molar-refractivity contribution >= 4 is 28.8 Å². The van der Waals surface area contributed by atoms with Gasteiger partial charge in [0.25, 0.3) is 0 Å². The Morgan fingerprint density at radius 3 is 2.55 bits per heavy atom. The fourth-order valence-electron chi connectivity index (χ4n) is 4.88. The van der Waals surface area contributed by atoms with E-state index in [4.69, 9.17) is 22.7 Å². The van der Waals surface area contributed by atoms with Gasteiger partial charge in [0.15, 0.2) is 5.11 Å². The summed E-state index contributed by atoms with van der Waals surface area (Å²) in [6.45, 7) is 5.29. The largest absolute Gasteiger partial charge is 0.507 e. The lowest BCUT2D eigenvalue weighted by Gasteiger charge is -2.37. The molecule has 0 aliphatic carbocycles. The molecule has 33 heavy (non-hydrogen) atoms. The quantitative estimate of drug-likeness (QED) is 0.319. The minimum Gasteiger partial charge on any atom is -0.507 e. The van der Waals surface area contributed by atoms with Gasteiger partial charge in [-0.15, -0.1) is 0 Å². The van der Waals surface area contributed by atoms with Crippen LogP contribution >= 0.6 is 12.2 Å². The van der Waals surface area contributed by atoms with E-state index in [0.717, 1.165) is 42.0 Å². The maximum Gasteiger partial charge on any atom is 0.184 e. The zero-order valence-corrected chi connectivity index (χ0v) is 19.9. The second-order valence-electron chi connectivity index (χ2n) is 8.74. The number of piperidine rings is 1. The molecule has 1 fully saturated rings. The summed E-state index contributed by atoms with van der Waals surface area (Å²) < 4.78 is 6.10. The number of benzene rings is 2. The van der Waals surface area contributed by atoms with Crippen LogP contribution in [0.2, 0.25) is 0 Å². The van der Waals surface area contributed by atoms with Crippen LogP contribution in [0, 0.1) is 5.92 Å². The molecule has 0 radical (unpaired) electrons. The molecule has 2 aliphatic rings. The highest BCUT2D eigenvalue weighted by Crippen LogP contribution is 2.41. The summed E-state index contributed by atoms with van der Waals surface area (Å²) >= 11 is 4.99. The van der Waals surface area contributed by atoms with Crippen LogP contribution in [0.3, 0.4) is 0 Å². The number of nitrogens with two attached hydrogens (primary N) is 1. The molecule has 0 bridgehead atoms. The van der Waals surface area contributed by atoms with E-state index in [9.17, 15) is 5.11 Å². The molecule has 4 rings (SSSR count). The second-order valence-corrected chi connectivity index (χ2v) is 9.18. The van der Waals surface area contributed by atoms with Crippen LogP contribution in [0.25, 0.3) is 5.76 Å². The topological polar surface area (TPSA) is 83.1 Å². The van der Waals surface area contributed by atoms with Gasteiger partial charge < -0.3 is 20.5 Å². The van der Waals surface area contributed by atoms with Gasteiger partial charge in [-0.25, -0.2) is 0 Å². The Morgan fingerprint density at radius 1 is 1.12 bits per heavy atom. The first-order valence-corrected chi connectivity index (χ1v) is 12.0. The Hall–Kier alpha value is -2.90. The molecule has 174 valence electrons. The zero-order valence-electron chi connectivity index (χ0n) is 19.0. The van der Waals surface area contributed by atoms with Gasteiger partial charge in [0.2, 0.25) is 0 Å². The smallest absolute Gasteiger partial charge is 0.184 e. The molecular formula is C26H32N4O2S. The van der Waals surface area contributed by atoms with E-state index in [1.165, 1.54) is 19.3 Å². The van der Waals surface area contributed by atoms with E-state index in [1.807, 2.05) is 49.4 Å². The lowest BCUT2D eigenvalue weighted by molar-refractivity contribution is 0.204. The van der Waals surface area contributed by atoms with E-state index >= 15 is 0 Å². The van der Waals surface area contributed by atoms with Crippen LogP contribution in [0.15, 0.2) is 65.3 Å². The minimum absolute atomic E-state index is 0.00152. The van der Waals surface area contributed by atoms with Crippen LogP contribution in [0.5, 0.6) is 5.75 Å². The number of fused-ring (bicyclic) bond motifs is 1. The summed E-state index contributed by atoms with van der Waals surface area (Å²) in [5.41, 5.74) is 12.0. The number of hydrogen-bond donors (Lipinski definition) is 3. The number of aliphatic hydroxyl groups is 1. The van der Waals surface area contributed by atoms with Gasteiger partial charge in [-0.1, -0.05) is 48.9 Å². The first-order valence-electron chi connectivity index (χ1n) is 11.6. The average Bonchev–Trinajstić information content (AvgIpc) is 2.85. The standard InChI is InChI=1S/C26H32N4O2S/c1-18(28-29-26(27)33)21(16-30-14-8-3-9-15-30)24(19-10-4-2-5-11-19)22-17-32-23-13-7-6-12-20(23)25(22)31/h2,4-7,10-13,21,24,31H,3,8-9,14-17H2,1H3,(H3,27,29,33). The van der Waals surface area contributed by atoms with Crippen molar-refractivity contribution in [2.24, 2.45) is 16.8 Å². The van der Waals surface area contributed by atoms with Gasteiger partial charge in [0, 0.05) is 29.7 Å². The number of nitrogens with zero attached hydrogens (tertiary/aromatic N) is 2. The van der Waals surface area contributed by atoms with Gasteiger partial charge in [0.1, 0.15) is 18.1 Å². The van der Waals surface area contributed by atoms with Gasteiger partial charge in [-0.05, 0) is 62.8 Å². The van der Waals surface area contributed by atoms with Crippen LogP contribution in [0.1, 0.15) is 43.2 Å². The first-order chi connectivity index (χ1) is 16.0. The fourth-order valence-corrected chi connectivity index (χ4v) is 4.93. The molecule has 0 saturated carbocycles. The highest BCUT2D eigenvalue weighted by molar-refractivity contribution is 7.80. The third kappa shape index (κ3) is 5.54. The van der Waals surface area contributed by atoms with Gasteiger partial charge in [-0.2, -0.15) is 5.10 Å². The van der Waals surface area contributed by atoms with Crippen LogP contribution in [-0.2, 0) is 0 Å². The van der Waals surface area contributed by atoms with Crippen molar-refractivity contribution in [3.8, 4) is 5.75 Å². The third-order valence-corrected chi connectivity index (χ3v) is 6.64. The summed E-state index contributed by atoms with van der Waals surface area (Å²) in [4.78, 5) is 2.50. The molecule has 7 heteroatoms. The van der Waals surface area contributed by atoms with Crippen LogP contribution < -0.4 is 15.9 Å². The summed E-state index contributed by atoms with van der Waals surface area (Å²) in [6, 6.07) is 17.9. The number of ether oxygens (including phenoxy) is 1. The highest BCUT2D eigenvalue weighted by atomic mass is 32.1. The SMILES string of the molecule is CC(=NNC(N)=S)C(CN1CCCCC1)C(C1=C(O)c2ccccc2OC1)c1ccccc1. The van der Waals surface area contributed by atoms with Crippen molar-refractivity contribution < 1.29 is 9.84 Å². The van der Waals surface area contributed by atoms with E-state index in [2.05, 4.69) is 27.6 Å². The summed E-state index contributed by atoms with van der Waals surface area (Å²) in [7, 11) is 0. The van der Waals surface area contributed by atoms with Crippen LogP contribution in [0.4, 0.5) is 0 Å². The van der Waals surface area contributed by atoms with E-state index < -0.39 is 0 Å². The molecule has 0 aromatic heterocycles. The monoisotopic (exact) mass is 464 g/mol. The number of para-hydroxylation sites is 1. The number of hydrogen-bond acceptors (Lipinski definition) is 5. The summed E-state index contributed by atoms with van der Waals surface area (Å²) in [6.07, 6.45) is 3.68. The van der Waals surface area contributed by atoms with E-state index in [0.29, 0.717) is 18.1 Å². The molecular weight excluding hydrogens is 432 g/mol. The van der Waals surface area contributed by atoms with E-state index in [-0.39, 0.29) is 16.9 Å². The van der Waals surface area contributed by atoms with Crippen molar-refractivity contribution in [3.05, 3.63) is 71.3 Å². The molecule has 2 aromatic rings. The van der Waals surface area contributed by atoms with Crippen molar-refractivity contribution in [1.29, 1.82) is 0 Å². The molecule has 1 saturated heterocycles. The summed E-state index contributed by atoms with van der Waals surface area (Å²) in [5, 5.41) is 16.1. The van der Waals surface area contributed by atoms with E-state index in [1.54, 1.807) is 0 Å². The summed E-state index contributed by atoms with van der Waals surface area (Å²) in [5.74, 6) is 0.889. The van der Waals surface area contributed by atoms with Gasteiger partial charge in [0.05, 0.1) is 5.56 Å². The highest BCUT2D eigenvalue weighted by Gasteiger charge is 2.35. The predicted octanol–water partition coefficient (Wildman–Crippen LogP) is 4.44. The number of rotatable bonds is 7. The number of hydrazone groups is 1. The van der Waals surface area contributed by atoms with Gasteiger partial charge in [-0.3, -0.25) is 5.43 Å². The van der Waals surface area contributed by atoms with Crippen molar-refractivity contribution in [2.75, 3.05) is 26.2 Å². The van der Waals surface area contributed by atoms with Crippen molar-refractivity contribution in [1.82, 2.24) is 10.3 Å².